The lowest BCUT2D eigenvalue weighted by atomic mass is 10.0. The van der Waals surface area contributed by atoms with Crippen LogP contribution in [0.25, 0.3) is 0 Å². The number of imide groups is 1. The topological polar surface area (TPSA) is 69.7 Å². The van der Waals surface area contributed by atoms with Gasteiger partial charge < -0.3 is 10.2 Å². The summed E-state index contributed by atoms with van der Waals surface area (Å²) in [5.74, 6) is -0.837. The molecule has 0 aromatic heterocycles. The summed E-state index contributed by atoms with van der Waals surface area (Å²) in [5, 5.41) is 3.09. The summed E-state index contributed by atoms with van der Waals surface area (Å²) in [4.78, 5) is 39.4. The van der Waals surface area contributed by atoms with Crippen molar-refractivity contribution in [2.45, 2.75) is 45.2 Å². The molecule has 0 spiro atoms. The molecule has 0 saturated carbocycles. The van der Waals surface area contributed by atoms with Gasteiger partial charge >= 0.3 is 0 Å². The number of hydrogen-bond donors (Lipinski definition) is 1. The van der Waals surface area contributed by atoms with E-state index >= 15 is 0 Å². The first kappa shape index (κ1) is 18.3. The van der Waals surface area contributed by atoms with Crippen LogP contribution in [0.2, 0.25) is 0 Å². The predicted octanol–water partition coefficient (Wildman–Crippen LogP) is 2.11. The van der Waals surface area contributed by atoms with Gasteiger partial charge in [0, 0.05) is 42.9 Å². The van der Waals surface area contributed by atoms with Crippen LogP contribution in [0.4, 0.5) is 5.69 Å². The molecule has 3 rings (SSSR count). The van der Waals surface area contributed by atoms with Gasteiger partial charge in [0.15, 0.2) is 0 Å². The third-order valence-corrected chi connectivity index (χ3v) is 5.28. The van der Waals surface area contributed by atoms with E-state index in [-0.39, 0.29) is 23.8 Å². The fraction of sp³-hybridized carbons (Fsp3) is 0.450. The van der Waals surface area contributed by atoms with Crippen LogP contribution in [-0.2, 0) is 9.59 Å². The Hall–Kier alpha value is -2.47. The number of likely N-dealkylation sites (tertiary alicyclic amines) is 1. The van der Waals surface area contributed by atoms with Crippen molar-refractivity contribution in [3.63, 3.8) is 0 Å². The molecule has 1 aromatic rings. The van der Waals surface area contributed by atoms with Crippen molar-refractivity contribution in [1.82, 2.24) is 10.2 Å². The second kappa shape index (κ2) is 7.83. The van der Waals surface area contributed by atoms with Crippen molar-refractivity contribution in [3.05, 3.63) is 42.0 Å². The number of nitrogens with zero attached hydrogens (tertiary/aromatic N) is 2. The lowest BCUT2D eigenvalue weighted by Crippen LogP contribution is -2.47. The summed E-state index contributed by atoms with van der Waals surface area (Å²) in [7, 11) is 0. The number of carbonyl (C=O) groups excluding carboxylic acids is 3. The zero-order valence-corrected chi connectivity index (χ0v) is 15.3. The van der Waals surface area contributed by atoms with Gasteiger partial charge in [-0.1, -0.05) is 6.92 Å². The van der Waals surface area contributed by atoms with E-state index in [2.05, 4.69) is 24.1 Å². The molecule has 1 saturated heterocycles. The molecule has 1 atom stereocenters. The van der Waals surface area contributed by atoms with E-state index in [0.29, 0.717) is 17.3 Å². The maximum absolute atomic E-state index is 12.5. The van der Waals surface area contributed by atoms with Crippen LogP contribution in [0.3, 0.4) is 0 Å². The highest BCUT2D eigenvalue weighted by Gasteiger charge is 2.26. The van der Waals surface area contributed by atoms with Gasteiger partial charge in [-0.2, -0.15) is 0 Å². The standard InChI is InChI=1S/C20H25N3O3/c1-3-14(2)22-12-10-16(11-13-22)21-20(26)15-4-6-17(7-5-15)23-18(24)8-9-19(23)25/h4-9,14,16H,3,10-13H2,1-2H3,(H,21,26). The van der Waals surface area contributed by atoms with Crippen LogP contribution in [-0.4, -0.2) is 47.8 Å². The Morgan fingerprint density at radius 3 is 2.23 bits per heavy atom. The molecule has 0 bridgehead atoms. The first-order valence-corrected chi connectivity index (χ1v) is 9.20. The predicted molar refractivity (Wildman–Crippen MR) is 99.9 cm³/mol. The minimum Gasteiger partial charge on any atom is -0.349 e. The van der Waals surface area contributed by atoms with Crippen molar-refractivity contribution in [1.29, 1.82) is 0 Å². The fourth-order valence-electron chi connectivity index (χ4n) is 3.43. The van der Waals surface area contributed by atoms with Gasteiger partial charge in [0.2, 0.25) is 0 Å². The zero-order valence-electron chi connectivity index (χ0n) is 15.3. The molecule has 2 aliphatic heterocycles. The van der Waals surface area contributed by atoms with Crippen molar-refractivity contribution >= 4 is 23.4 Å². The Balaban J connectivity index is 1.56. The molecule has 2 aliphatic rings. The second-order valence-corrected chi connectivity index (χ2v) is 6.93. The number of anilines is 1. The molecule has 1 aromatic carbocycles. The number of nitrogens with one attached hydrogen (secondary N) is 1. The fourth-order valence-corrected chi connectivity index (χ4v) is 3.43. The minimum absolute atomic E-state index is 0.115. The van der Waals surface area contributed by atoms with Crippen LogP contribution < -0.4 is 10.2 Å². The van der Waals surface area contributed by atoms with Gasteiger partial charge in [0.05, 0.1) is 5.69 Å². The molecule has 6 nitrogen and oxygen atoms in total. The van der Waals surface area contributed by atoms with Gasteiger partial charge in [0.25, 0.3) is 17.7 Å². The van der Waals surface area contributed by atoms with E-state index < -0.39 is 0 Å². The van der Waals surface area contributed by atoms with Gasteiger partial charge in [-0.15, -0.1) is 0 Å². The zero-order chi connectivity index (χ0) is 18.7. The highest BCUT2D eigenvalue weighted by molar-refractivity contribution is 6.28. The largest absolute Gasteiger partial charge is 0.349 e. The monoisotopic (exact) mass is 355 g/mol. The lowest BCUT2D eigenvalue weighted by molar-refractivity contribution is -0.119. The van der Waals surface area contributed by atoms with Gasteiger partial charge in [0.1, 0.15) is 0 Å². The van der Waals surface area contributed by atoms with E-state index in [1.807, 2.05) is 0 Å². The van der Waals surface area contributed by atoms with Crippen molar-refractivity contribution in [3.8, 4) is 0 Å². The summed E-state index contributed by atoms with van der Waals surface area (Å²) >= 11 is 0. The van der Waals surface area contributed by atoms with Crippen LogP contribution in [0.1, 0.15) is 43.5 Å². The van der Waals surface area contributed by atoms with Crippen molar-refractivity contribution < 1.29 is 14.4 Å². The van der Waals surface area contributed by atoms with Crippen molar-refractivity contribution in [2.75, 3.05) is 18.0 Å². The number of piperidine rings is 1. The number of benzene rings is 1. The molecule has 3 amide bonds. The smallest absolute Gasteiger partial charge is 0.258 e. The third-order valence-electron chi connectivity index (χ3n) is 5.28. The average molecular weight is 355 g/mol. The van der Waals surface area contributed by atoms with E-state index in [1.165, 1.54) is 12.2 Å². The maximum Gasteiger partial charge on any atom is 0.258 e. The average Bonchev–Trinajstić information content (AvgIpc) is 3.00. The van der Waals surface area contributed by atoms with Gasteiger partial charge in [-0.25, -0.2) is 4.90 Å². The Labute approximate surface area is 153 Å². The van der Waals surface area contributed by atoms with E-state index in [1.54, 1.807) is 24.3 Å². The molecule has 26 heavy (non-hydrogen) atoms. The molecule has 0 aliphatic carbocycles. The van der Waals surface area contributed by atoms with Crippen molar-refractivity contribution in [2.24, 2.45) is 0 Å². The first-order chi connectivity index (χ1) is 12.5. The SMILES string of the molecule is CCC(C)N1CCC(NC(=O)c2ccc(N3C(=O)C=CC3=O)cc2)CC1. The Morgan fingerprint density at radius 1 is 1.12 bits per heavy atom. The molecule has 1 N–H and O–H groups in total. The highest BCUT2D eigenvalue weighted by Crippen LogP contribution is 2.20. The summed E-state index contributed by atoms with van der Waals surface area (Å²) in [6, 6.07) is 7.33. The molecule has 1 unspecified atom stereocenters. The van der Waals surface area contributed by atoms with E-state index in [4.69, 9.17) is 0 Å². The summed E-state index contributed by atoms with van der Waals surface area (Å²) in [6.45, 7) is 6.45. The minimum atomic E-state index is -0.361. The summed E-state index contributed by atoms with van der Waals surface area (Å²) in [5.41, 5.74) is 1.01. The Bertz CT molecular complexity index is 700. The Morgan fingerprint density at radius 2 is 1.69 bits per heavy atom. The third kappa shape index (κ3) is 3.85. The number of rotatable bonds is 5. The second-order valence-electron chi connectivity index (χ2n) is 6.93. The number of hydrogen-bond acceptors (Lipinski definition) is 4. The highest BCUT2D eigenvalue weighted by atomic mass is 16.2. The summed E-state index contributed by atoms with van der Waals surface area (Å²) < 4.78 is 0. The number of carbonyl (C=O) groups is 3. The van der Waals surface area contributed by atoms with Gasteiger partial charge in [-0.3, -0.25) is 14.4 Å². The molecule has 0 radical (unpaired) electrons. The van der Waals surface area contributed by atoms with E-state index in [0.717, 1.165) is 37.3 Å². The van der Waals surface area contributed by atoms with Gasteiger partial charge in [-0.05, 0) is 50.5 Å². The summed E-state index contributed by atoms with van der Waals surface area (Å²) in [6.07, 6.45) is 5.54. The van der Waals surface area contributed by atoms with Crippen LogP contribution in [0, 0.1) is 0 Å². The van der Waals surface area contributed by atoms with Crippen LogP contribution >= 0.6 is 0 Å². The Kier molecular flexibility index (Phi) is 5.52. The molecular weight excluding hydrogens is 330 g/mol. The first-order valence-electron chi connectivity index (χ1n) is 9.20. The molecule has 138 valence electrons. The van der Waals surface area contributed by atoms with Crippen LogP contribution in [0.15, 0.2) is 36.4 Å². The molecule has 2 heterocycles. The molecule has 6 heteroatoms. The van der Waals surface area contributed by atoms with E-state index in [9.17, 15) is 14.4 Å². The normalized spacial score (nSPS) is 19.8. The maximum atomic E-state index is 12.5. The quantitative estimate of drug-likeness (QED) is 0.822. The number of amides is 3. The molecular formula is C20H25N3O3. The molecule has 1 fully saturated rings. The van der Waals surface area contributed by atoms with Crippen LogP contribution in [0.5, 0.6) is 0 Å². The lowest BCUT2D eigenvalue weighted by Gasteiger charge is -2.36.